The Morgan fingerprint density at radius 3 is 0.955 bits per heavy atom. The van der Waals surface area contributed by atoms with Gasteiger partial charge in [0.2, 0.25) is 0 Å². The number of rotatable bonds is 12. The van der Waals surface area contributed by atoms with Gasteiger partial charge in [-0.3, -0.25) is 0 Å². The molecule has 0 spiro atoms. The summed E-state index contributed by atoms with van der Waals surface area (Å²) in [6, 6.07) is 0. The Balaban J connectivity index is 0. The van der Waals surface area contributed by atoms with Gasteiger partial charge in [0.05, 0.1) is 26.2 Å². The van der Waals surface area contributed by atoms with Crippen LogP contribution in [0, 0.1) is 0 Å². The van der Waals surface area contributed by atoms with Gasteiger partial charge in [0, 0.05) is 0 Å². The third-order valence-electron chi connectivity index (χ3n) is 3.94. The molecule has 0 aliphatic carbocycles. The van der Waals surface area contributed by atoms with Crippen LogP contribution >= 0.6 is 0 Å². The van der Waals surface area contributed by atoms with Gasteiger partial charge in [0.25, 0.3) is 0 Å². The van der Waals surface area contributed by atoms with Gasteiger partial charge in [-0.05, 0) is 25.7 Å². The van der Waals surface area contributed by atoms with Gasteiger partial charge in [0.15, 0.2) is 0 Å². The van der Waals surface area contributed by atoms with Gasteiger partial charge >= 0.3 is 29.9 Å². The zero-order chi connectivity index (χ0) is 17.5. The van der Waals surface area contributed by atoms with Crippen LogP contribution in [0.1, 0.15) is 79.1 Å². The van der Waals surface area contributed by atoms with E-state index in [4.69, 9.17) is 14.4 Å². The summed E-state index contributed by atoms with van der Waals surface area (Å²) in [4.78, 5) is 0. The molecule has 0 saturated carbocycles. The van der Waals surface area contributed by atoms with Crippen LogP contribution in [0.5, 0.6) is 0 Å². The van der Waals surface area contributed by atoms with Crippen molar-refractivity contribution in [2.45, 2.75) is 79.1 Å². The molecular weight excluding hydrogens is 368 g/mol. The Morgan fingerprint density at radius 1 is 0.636 bits per heavy atom. The normalized spacial score (nSPS) is 11.9. The maximum absolute atomic E-state index is 8.62. The summed E-state index contributed by atoms with van der Waals surface area (Å²) >= 11 is -5.94. The number of hydrogen-bond acceptors (Lipinski definition) is 4. The van der Waals surface area contributed by atoms with E-state index in [9.17, 15) is 0 Å². The van der Waals surface area contributed by atoms with Crippen LogP contribution in [0.2, 0.25) is 0 Å². The average Bonchev–Trinajstić information content (AvgIpc) is 2.44. The molecule has 0 amide bonds. The molecule has 0 fully saturated rings. The van der Waals surface area contributed by atoms with Crippen molar-refractivity contribution in [2.75, 3.05) is 26.2 Å². The molecule has 0 aromatic carbocycles. The number of quaternary nitrogens is 1. The van der Waals surface area contributed by atoms with E-state index in [1.165, 1.54) is 82.0 Å². The molecule has 0 aromatic heterocycles. The zero-order valence-electron chi connectivity index (χ0n) is 14.9. The topological polar surface area (TPSA) is 74.3 Å². The molecule has 0 rings (SSSR count). The fraction of sp³-hybridized carbons (Fsp3) is 1.00. The number of hydrogen-bond donors (Lipinski definition) is 0. The maximum atomic E-state index is 8.62. The van der Waals surface area contributed by atoms with Crippen molar-refractivity contribution in [1.82, 2.24) is 0 Å². The first kappa shape index (κ1) is 24.2. The standard InChI is InChI=1S/C16H36N.4O.Tc/c1-5-9-13-17(14-10-6-2,15-11-7-3)16-12-8-4;;;;;/h5-16H2,1-4H3;;;;;/q+1;;;;-1;. The molecule has 0 N–H and O–H groups in total. The van der Waals surface area contributed by atoms with Gasteiger partial charge in [-0.25, -0.2) is 0 Å². The Kier molecular flexibility index (Phi) is 16.0. The summed E-state index contributed by atoms with van der Waals surface area (Å²) in [7, 11) is 0. The average molecular weight is 404 g/mol. The summed E-state index contributed by atoms with van der Waals surface area (Å²) in [6.45, 7) is 15.0. The molecule has 0 saturated heterocycles. The second-order valence-electron chi connectivity index (χ2n) is 6.03. The fourth-order valence-electron chi connectivity index (χ4n) is 2.64. The SMILES string of the molecule is CCCC[N+](CCCC)(CCCC)CCCC.[O]=[Tc](=[O])(=[O])[O-]. The van der Waals surface area contributed by atoms with Crippen molar-refractivity contribution in [1.29, 1.82) is 0 Å². The van der Waals surface area contributed by atoms with Gasteiger partial charge < -0.3 is 4.48 Å². The third-order valence-corrected chi connectivity index (χ3v) is 3.94. The Bertz CT molecular complexity index is 336. The zero-order valence-corrected chi connectivity index (χ0v) is 16.8. The van der Waals surface area contributed by atoms with Crippen molar-refractivity contribution in [3.63, 3.8) is 0 Å². The minimum atomic E-state index is -5.94. The summed E-state index contributed by atoms with van der Waals surface area (Å²) < 4.78 is 35.9. The van der Waals surface area contributed by atoms with Crippen LogP contribution in [0.4, 0.5) is 0 Å². The van der Waals surface area contributed by atoms with Crippen molar-refractivity contribution >= 4 is 0 Å². The fourth-order valence-corrected chi connectivity index (χ4v) is 2.64. The van der Waals surface area contributed by atoms with Crippen LogP contribution in [0.15, 0.2) is 0 Å². The van der Waals surface area contributed by atoms with Crippen molar-refractivity contribution < 1.29 is 34.4 Å². The molecule has 136 valence electrons. The molecule has 0 unspecified atom stereocenters. The molecule has 0 radical (unpaired) electrons. The van der Waals surface area contributed by atoms with Gasteiger partial charge in [-0.15, -0.1) is 0 Å². The molecule has 22 heavy (non-hydrogen) atoms. The second kappa shape index (κ2) is 14.6. The number of unbranched alkanes of at least 4 members (excludes halogenated alkanes) is 4. The first-order valence-electron chi connectivity index (χ1n) is 8.71. The van der Waals surface area contributed by atoms with Crippen LogP contribution in [0.25, 0.3) is 0 Å². The molecule has 6 heteroatoms. The van der Waals surface area contributed by atoms with Crippen LogP contribution in [0.3, 0.4) is 0 Å². The Morgan fingerprint density at radius 2 is 0.818 bits per heavy atom. The second-order valence-corrected chi connectivity index (χ2v) is 7.89. The summed E-state index contributed by atoms with van der Waals surface area (Å²) in [6.07, 6.45) is 11.1. The molecule has 0 aromatic rings. The molecule has 0 aliphatic heterocycles. The van der Waals surface area contributed by atoms with Crippen LogP contribution < -0.4 is 3.86 Å². The monoisotopic (exact) mass is 403 g/mol. The van der Waals surface area contributed by atoms with Crippen LogP contribution in [-0.2, 0) is 26.0 Å². The van der Waals surface area contributed by atoms with E-state index in [-0.39, 0.29) is 0 Å². The van der Waals surface area contributed by atoms with E-state index >= 15 is 0 Å². The van der Waals surface area contributed by atoms with E-state index in [2.05, 4.69) is 27.7 Å². The Labute approximate surface area is 139 Å². The molecule has 0 atom stereocenters. The van der Waals surface area contributed by atoms with Crippen molar-refractivity contribution in [3.8, 4) is 0 Å². The van der Waals surface area contributed by atoms with Crippen LogP contribution in [-0.4, -0.2) is 30.7 Å². The van der Waals surface area contributed by atoms with Crippen molar-refractivity contribution in [2.24, 2.45) is 0 Å². The summed E-state index contributed by atoms with van der Waals surface area (Å²) in [5, 5.41) is 0. The van der Waals surface area contributed by atoms with E-state index in [1.807, 2.05) is 0 Å². The Hall–Kier alpha value is -0.0306. The molecule has 5 nitrogen and oxygen atoms in total. The minimum absolute atomic E-state index is 1.35. The summed E-state index contributed by atoms with van der Waals surface area (Å²) in [5.74, 6) is 0. The summed E-state index contributed by atoms with van der Waals surface area (Å²) in [5.41, 5.74) is 0. The molecule has 0 heterocycles. The molecule has 0 aliphatic rings. The predicted octanol–water partition coefficient (Wildman–Crippen LogP) is 3.46. The van der Waals surface area contributed by atoms with Gasteiger partial charge in [-0.2, -0.15) is 0 Å². The van der Waals surface area contributed by atoms with E-state index in [0.29, 0.717) is 0 Å². The van der Waals surface area contributed by atoms with Crippen molar-refractivity contribution in [3.05, 3.63) is 0 Å². The predicted molar refractivity (Wildman–Crippen MR) is 81.4 cm³/mol. The number of nitrogens with zero attached hydrogens (tertiary/aromatic N) is 1. The van der Waals surface area contributed by atoms with Gasteiger partial charge in [-0.1, -0.05) is 53.4 Å². The third kappa shape index (κ3) is 18.0. The quantitative estimate of drug-likeness (QED) is 0.467. The molecule has 0 bridgehead atoms. The van der Waals surface area contributed by atoms with E-state index in [1.54, 1.807) is 0 Å². The first-order valence-corrected chi connectivity index (χ1v) is 11.7. The van der Waals surface area contributed by atoms with E-state index in [0.717, 1.165) is 0 Å². The molecular formula is C16H36NO4Tc. The first-order chi connectivity index (χ1) is 10.2. The van der Waals surface area contributed by atoms with Gasteiger partial charge in [0.1, 0.15) is 0 Å². The van der Waals surface area contributed by atoms with E-state index < -0.39 is 15.5 Å².